The van der Waals surface area contributed by atoms with Crippen molar-refractivity contribution in [3.63, 3.8) is 0 Å². The zero-order valence-corrected chi connectivity index (χ0v) is 10.7. The first kappa shape index (κ1) is 11.2. The van der Waals surface area contributed by atoms with Crippen LogP contribution in [0.4, 0.5) is 0 Å². The van der Waals surface area contributed by atoms with E-state index in [1.54, 1.807) is 6.07 Å². The maximum absolute atomic E-state index is 11.0. The summed E-state index contributed by atoms with van der Waals surface area (Å²) in [6, 6.07) is 3.58. The number of hydrogen-bond acceptors (Lipinski definition) is 2. The van der Waals surface area contributed by atoms with E-state index in [1.807, 2.05) is 6.07 Å². The second kappa shape index (κ2) is 4.32. The summed E-state index contributed by atoms with van der Waals surface area (Å²) in [5.74, 6) is 0.671. The van der Waals surface area contributed by atoms with Gasteiger partial charge in [0, 0.05) is 5.02 Å². The summed E-state index contributed by atoms with van der Waals surface area (Å²) in [7, 11) is 0. The zero-order valence-electron chi connectivity index (χ0n) is 7.60. The van der Waals surface area contributed by atoms with E-state index in [0.29, 0.717) is 17.2 Å². The van der Waals surface area contributed by atoms with Crippen LogP contribution in [0.1, 0.15) is 12.0 Å². The third-order valence-corrected chi connectivity index (χ3v) is 3.33. The average molecular weight is 310 g/mol. The van der Waals surface area contributed by atoms with Crippen molar-refractivity contribution in [2.45, 2.75) is 18.9 Å². The van der Waals surface area contributed by atoms with Gasteiger partial charge in [0.15, 0.2) is 6.10 Å². The molecule has 2 rings (SSSR count). The number of carbonyl (C=O) groups excluding carboxylic acids is 1. The van der Waals surface area contributed by atoms with Crippen molar-refractivity contribution in [1.82, 2.24) is 0 Å². The van der Waals surface area contributed by atoms with Gasteiger partial charge in [-0.2, -0.15) is 0 Å². The Morgan fingerprint density at radius 3 is 2.93 bits per heavy atom. The Labute approximate surface area is 106 Å². The minimum atomic E-state index is -0.545. The summed E-state index contributed by atoms with van der Waals surface area (Å²) in [6.07, 6.45) is 0.802. The molecule has 1 aromatic carbocycles. The van der Waals surface area contributed by atoms with Gasteiger partial charge < -0.3 is 4.74 Å². The first-order valence-corrected chi connectivity index (χ1v) is 5.97. The molecule has 80 valence electrons. The molecule has 0 spiro atoms. The van der Waals surface area contributed by atoms with E-state index in [9.17, 15) is 4.79 Å². The quantitative estimate of drug-likeness (QED) is 0.741. The fourth-order valence-corrected chi connectivity index (χ4v) is 2.70. The van der Waals surface area contributed by atoms with Crippen LogP contribution in [0, 0.1) is 0 Å². The fourth-order valence-electron chi connectivity index (χ4n) is 1.58. The molecule has 1 heterocycles. The van der Waals surface area contributed by atoms with Gasteiger partial charge in [0.1, 0.15) is 5.75 Å². The van der Waals surface area contributed by atoms with E-state index >= 15 is 0 Å². The molecule has 0 bridgehead atoms. The number of ether oxygens (including phenoxy) is 1. The summed E-state index contributed by atoms with van der Waals surface area (Å²) in [5.41, 5.74) is 1.00. The Bertz CT molecular complexity index is 420. The maximum atomic E-state index is 11.0. The van der Waals surface area contributed by atoms with Crippen molar-refractivity contribution in [2.24, 2.45) is 0 Å². The number of rotatable bonds is 1. The zero-order chi connectivity index (χ0) is 11.0. The van der Waals surface area contributed by atoms with Crippen LogP contribution in [-0.4, -0.2) is 11.3 Å². The van der Waals surface area contributed by atoms with Crippen LogP contribution in [0.25, 0.3) is 0 Å². The lowest BCUT2D eigenvalue weighted by molar-refractivity contribution is -0.118. The average Bonchev–Trinajstić information content (AvgIpc) is 2.16. The highest BCUT2D eigenvalue weighted by atomic mass is 79.9. The topological polar surface area (TPSA) is 26.3 Å². The van der Waals surface area contributed by atoms with Crippen molar-refractivity contribution in [1.29, 1.82) is 0 Å². The van der Waals surface area contributed by atoms with Gasteiger partial charge in [-0.15, -0.1) is 0 Å². The van der Waals surface area contributed by atoms with Gasteiger partial charge in [0.2, 0.25) is 0 Å². The van der Waals surface area contributed by atoms with Gasteiger partial charge in [-0.25, -0.2) is 0 Å². The molecule has 0 saturated heterocycles. The lowest BCUT2D eigenvalue weighted by Crippen LogP contribution is -2.28. The second-order valence-electron chi connectivity index (χ2n) is 3.33. The lowest BCUT2D eigenvalue weighted by atomic mass is 10.0. The van der Waals surface area contributed by atoms with E-state index < -0.39 is 11.3 Å². The van der Waals surface area contributed by atoms with E-state index in [2.05, 4.69) is 15.9 Å². The molecular formula is C10H7BrCl2O2. The van der Waals surface area contributed by atoms with Crippen LogP contribution in [0.2, 0.25) is 5.02 Å². The highest BCUT2D eigenvalue weighted by Gasteiger charge is 2.26. The summed E-state index contributed by atoms with van der Waals surface area (Å²) in [5, 5.41) is 0.197. The number of fused-ring (bicyclic) bond motifs is 1. The molecule has 15 heavy (non-hydrogen) atoms. The van der Waals surface area contributed by atoms with Crippen LogP contribution in [0.3, 0.4) is 0 Å². The van der Waals surface area contributed by atoms with Crippen molar-refractivity contribution in [3.05, 3.63) is 27.2 Å². The van der Waals surface area contributed by atoms with Gasteiger partial charge in [-0.05, 0) is 58.1 Å². The molecule has 1 aromatic rings. The van der Waals surface area contributed by atoms with E-state index in [-0.39, 0.29) is 0 Å². The molecule has 0 N–H and O–H groups in total. The molecule has 1 atom stereocenters. The highest BCUT2D eigenvalue weighted by molar-refractivity contribution is 9.10. The third kappa shape index (κ3) is 2.30. The summed E-state index contributed by atoms with van der Waals surface area (Å²) in [4.78, 5) is 11.0. The minimum Gasteiger partial charge on any atom is -0.480 e. The van der Waals surface area contributed by atoms with Crippen LogP contribution >= 0.6 is 39.1 Å². The fraction of sp³-hybridized carbons (Fsp3) is 0.300. The number of hydrogen-bond donors (Lipinski definition) is 0. The summed E-state index contributed by atoms with van der Waals surface area (Å²) in [6.45, 7) is 0. The maximum Gasteiger partial charge on any atom is 0.262 e. The first-order chi connectivity index (χ1) is 7.08. The van der Waals surface area contributed by atoms with Gasteiger partial charge >= 0.3 is 0 Å². The molecular weight excluding hydrogens is 303 g/mol. The smallest absolute Gasteiger partial charge is 0.262 e. The molecule has 0 aliphatic carbocycles. The van der Waals surface area contributed by atoms with E-state index in [1.165, 1.54) is 0 Å². The Kier molecular flexibility index (Phi) is 3.24. The number of aryl methyl sites for hydroxylation is 1. The monoisotopic (exact) mass is 308 g/mol. The minimum absolute atomic E-state index is 0.456. The molecule has 0 aromatic heterocycles. The second-order valence-corrected chi connectivity index (χ2v) is 4.99. The summed E-state index contributed by atoms with van der Waals surface area (Å²) >= 11 is 14.6. The van der Waals surface area contributed by atoms with Crippen molar-refractivity contribution in [2.75, 3.05) is 0 Å². The van der Waals surface area contributed by atoms with Crippen LogP contribution < -0.4 is 4.74 Å². The van der Waals surface area contributed by atoms with Crippen LogP contribution in [-0.2, 0) is 11.2 Å². The predicted octanol–water partition coefficient (Wildman–Crippen LogP) is 3.56. The largest absolute Gasteiger partial charge is 0.480 e. The Morgan fingerprint density at radius 2 is 2.27 bits per heavy atom. The first-order valence-electron chi connectivity index (χ1n) is 4.42. The van der Waals surface area contributed by atoms with Gasteiger partial charge in [-0.3, -0.25) is 4.79 Å². The summed E-state index contributed by atoms with van der Waals surface area (Å²) < 4.78 is 6.25. The standard InChI is InChI=1S/C10H7BrCl2O2/c11-7-4-6(12)3-5-1-2-8(10(13)14)15-9(5)7/h3-4,8H,1-2H2. The Morgan fingerprint density at radius 1 is 1.53 bits per heavy atom. The van der Waals surface area contributed by atoms with Crippen molar-refractivity contribution < 1.29 is 9.53 Å². The molecule has 1 unspecified atom stereocenters. The molecule has 0 radical (unpaired) electrons. The number of benzene rings is 1. The van der Waals surface area contributed by atoms with Gasteiger partial charge in [0.05, 0.1) is 4.47 Å². The van der Waals surface area contributed by atoms with E-state index in [4.69, 9.17) is 27.9 Å². The van der Waals surface area contributed by atoms with Crippen LogP contribution in [0.15, 0.2) is 16.6 Å². The number of halogens is 3. The molecule has 5 heteroatoms. The SMILES string of the molecule is O=C(Cl)C1CCc2cc(Cl)cc(Br)c2O1. The highest BCUT2D eigenvalue weighted by Crippen LogP contribution is 2.37. The molecule has 0 fully saturated rings. The lowest BCUT2D eigenvalue weighted by Gasteiger charge is -2.24. The molecule has 1 aliphatic rings. The predicted molar refractivity (Wildman–Crippen MR) is 62.7 cm³/mol. The van der Waals surface area contributed by atoms with E-state index in [0.717, 1.165) is 16.5 Å². The molecule has 0 saturated carbocycles. The van der Waals surface area contributed by atoms with Crippen LogP contribution in [0.5, 0.6) is 5.75 Å². The molecule has 2 nitrogen and oxygen atoms in total. The third-order valence-electron chi connectivity index (χ3n) is 2.27. The Balaban J connectivity index is 2.37. The normalized spacial score (nSPS) is 19.3. The van der Waals surface area contributed by atoms with Gasteiger partial charge in [-0.1, -0.05) is 11.6 Å². The Hall–Kier alpha value is -0.250. The number of carbonyl (C=O) groups is 1. The molecule has 1 aliphatic heterocycles. The van der Waals surface area contributed by atoms with Gasteiger partial charge in [0.25, 0.3) is 5.24 Å². The van der Waals surface area contributed by atoms with Crippen molar-refractivity contribution >= 4 is 44.4 Å². The van der Waals surface area contributed by atoms with Crippen molar-refractivity contribution in [3.8, 4) is 5.75 Å². The molecule has 0 amide bonds.